The number of hydrogen-bond donors (Lipinski definition) is 3. The van der Waals surface area contributed by atoms with E-state index in [-0.39, 0.29) is 25.6 Å². The molecule has 2 aliphatic carbocycles. The second-order valence-corrected chi connectivity index (χ2v) is 10.5. The standard InChI is InChI=1S/C31H33N3O5/c1-34(17-21-9-3-2-4-10-21)18-27(28(35)32-20-31(15-16-31)29(36)37)33-30(38)39-19-26-24-13-7-5-11-22(24)23-12-6-8-14-25(23)26/h2-14,26-27H,15-20H2,1H3,(H,32,35)(H,33,38)(H,36,37). The highest BCUT2D eigenvalue weighted by Crippen LogP contribution is 2.45. The number of nitrogens with zero attached hydrogens (tertiary/aromatic N) is 1. The van der Waals surface area contributed by atoms with E-state index in [2.05, 4.69) is 22.8 Å². The Bertz CT molecular complexity index is 1310. The largest absolute Gasteiger partial charge is 0.481 e. The Hall–Kier alpha value is -4.17. The van der Waals surface area contributed by atoms with Gasteiger partial charge in [0.2, 0.25) is 5.91 Å². The molecule has 8 heteroatoms. The van der Waals surface area contributed by atoms with Gasteiger partial charge in [0.15, 0.2) is 0 Å². The minimum atomic E-state index is -0.918. The lowest BCUT2D eigenvalue weighted by molar-refractivity contribution is -0.143. The third kappa shape index (κ3) is 5.96. The van der Waals surface area contributed by atoms with Crippen LogP contribution in [0.3, 0.4) is 0 Å². The molecule has 0 aliphatic heterocycles. The molecule has 0 bridgehead atoms. The molecule has 2 amide bonds. The lowest BCUT2D eigenvalue weighted by Gasteiger charge is -2.25. The lowest BCUT2D eigenvalue weighted by atomic mass is 9.98. The maximum atomic E-state index is 13.2. The zero-order valence-corrected chi connectivity index (χ0v) is 21.9. The maximum Gasteiger partial charge on any atom is 0.407 e. The summed E-state index contributed by atoms with van der Waals surface area (Å²) in [5, 5.41) is 15.0. The quantitative estimate of drug-likeness (QED) is 0.348. The van der Waals surface area contributed by atoms with Crippen LogP contribution in [0.25, 0.3) is 11.1 Å². The molecule has 3 N–H and O–H groups in total. The van der Waals surface area contributed by atoms with Crippen molar-refractivity contribution in [2.24, 2.45) is 5.41 Å². The van der Waals surface area contributed by atoms with E-state index >= 15 is 0 Å². The lowest BCUT2D eigenvalue weighted by Crippen LogP contribution is -2.53. The van der Waals surface area contributed by atoms with E-state index in [1.807, 2.05) is 78.7 Å². The van der Waals surface area contributed by atoms with Gasteiger partial charge in [-0.25, -0.2) is 4.79 Å². The van der Waals surface area contributed by atoms with Gasteiger partial charge in [-0.2, -0.15) is 0 Å². The third-order valence-corrected chi connectivity index (χ3v) is 7.65. The number of hydrogen-bond acceptors (Lipinski definition) is 5. The molecule has 0 spiro atoms. The van der Waals surface area contributed by atoms with Gasteiger partial charge in [0.05, 0.1) is 5.41 Å². The summed E-state index contributed by atoms with van der Waals surface area (Å²) in [4.78, 5) is 39.6. The highest BCUT2D eigenvalue weighted by Gasteiger charge is 2.50. The van der Waals surface area contributed by atoms with Crippen molar-refractivity contribution in [2.75, 3.05) is 26.7 Å². The molecular weight excluding hydrogens is 494 g/mol. The number of likely N-dealkylation sites (N-methyl/N-ethyl adjacent to an activating group) is 1. The predicted molar refractivity (Wildman–Crippen MR) is 147 cm³/mol. The third-order valence-electron chi connectivity index (χ3n) is 7.65. The van der Waals surface area contributed by atoms with E-state index in [9.17, 15) is 19.5 Å². The van der Waals surface area contributed by atoms with Crippen LogP contribution in [-0.4, -0.2) is 60.8 Å². The molecule has 0 saturated heterocycles. The van der Waals surface area contributed by atoms with E-state index in [4.69, 9.17) is 4.74 Å². The molecule has 1 fully saturated rings. The van der Waals surface area contributed by atoms with Crippen LogP contribution in [0.1, 0.15) is 35.4 Å². The molecule has 39 heavy (non-hydrogen) atoms. The van der Waals surface area contributed by atoms with Crippen LogP contribution < -0.4 is 10.6 Å². The minimum Gasteiger partial charge on any atom is -0.481 e. The summed E-state index contributed by atoms with van der Waals surface area (Å²) in [6.45, 7) is 0.976. The Morgan fingerprint density at radius 3 is 2.13 bits per heavy atom. The Morgan fingerprint density at radius 2 is 1.54 bits per heavy atom. The number of carbonyl (C=O) groups excluding carboxylic acids is 2. The van der Waals surface area contributed by atoms with Gasteiger partial charge >= 0.3 is 12.1 Å². The number of aliphatic carboxylic acids is 1. The summed E-state index contributed by atoms with van der Waals surface area (Å²) in [5.41, 5.74) is 4.64. The summed E-state index contributed by atoms with van der Waals surface area (Å²) in [6.07, 6.45) is 0.367. The molecular formula is C31H33N3O5. The Balaban J connectivity index is 1.24. The van der Waals surface area contributed by atoms with Crippen molar-refractivity contribution in [3.8, 4) is 11.1 Å². The Labute approximate surface area is 228 Å². The molecule has 1 saturated carbocycles. The van der Waals surface area contributed by atoms with Crippen molar-refractivity contribution in [1.82, 2.24) is 15.5 Å². The minimum absolute atomic E-state index is 0.0342. The van der Waals surface area contributed by atoms with Gasteiger partial charge in [0.1, 0.15) is 12.6 Å². The smallest absolute Gasteiger partial charge is 0.407 e. The summed E-state index contributed by atoms with van der Waals surface area (Å²) in [6, 6.07) is 25.1. The second-order valence-electron chi connectivity index (χ2n) is 10.5. The average molecular weight is 528 g/mol. The Kier molecular flexibility index (Phi) is 7.65. The summed E-state index contributed by atoms with van der Waals surface area (Å²) < 4.78 is 5.67. The van der Waals surface area contributed by atoms with Gasteiger partial charge in [-0.3, -0.25) is 14.5 Å². The fourth-order valence-electron chi connectivity index (χ4n) is 5.24. The molecule has 0 aromatic heterocycles. The highest BCUT2D eigenvalue weighted by molar-refractivity contribution is 5.87. The molecule has 0 radical (unpaired) electrons. The first-order chi connectivity index (χ1) is 18.9. The number of amides is 2. The van der Waals surface area contributed by atoms with Crippen molar-refractivity contribution in [3.63, 3.8) is 0 Å². The van der Waals surface area contributed by atoms with Crippen LogP contribution in [0.4, 0.5) is 4.79 Å². The first-order valence-corrected chi connectivity index (χ1v) is 13.2. The molecule has 3 aromatic carbocycles. The molecule has 1 unspecified atom stereocenters. The van der Waals surface area contributed by atoms with E-state index in [0.29, 0.717) is 19.4 Å². The first-order valence-electron chi connectivity index (χ1n) is 13.2. The van der Waals surface area contributed by atoms with Crippen molar-refractivity contribution in [2.45, 2.75) is 31.3 Å². The number of carbonyl (C=O) groups is 3. The summed E-state index contributed by atoms with van der Waals surface area (Å²) in [5.74, 6) is -1.44. The number of fused-ring (bicyclic) bond motifs is 3. The number of benzene rings is 3. The molecule has 5 rings (SSSR count). The zero-order valence-electron chi connectivity index (χ0n) is 21.9. The van der Waals surface area contributed by atoms with Gasteiger partial charge in [-0.15, -0.1) is 0 Å². The first kappa shape index (κ1) is 26.4. The van der Waals surface area contributed by atoms with Gasteiger partial charge in [0.25, 0.3) is 0 Å². The second kappa shape index (κ2) is 11.3. The van der Waals surface area contributed by atoms with E-state index in [1.54, 1.807) is 0 Å². The highest BCUT2D eigenvalue weighted by atomic mass is 16.5. The molecule has 1 atom stereocenters. The number of rotatable bonds is 11. The maximum absolute atomic E-state index is 13.2. The molecule has 2 aliphatic rings. The van der Waals surface area contributed by atoms with Crippen LogP contribution >= 0.6 is 0 Å². The molecule has 8 nitrogen and oxygen atoms in total. The topological polar surface area (TPSA) is 108 Å². The monoisotopic (exact) mass is 527 g/mol. The SMILES string of the molecule is CN(Cc1ccccc1)CC(NC(=O)OCC1c2ccccc2-c2ccccc21)C(=O)NCC1(C(=O)O)CC1. The van der Waals surface area contributed by atoms with Gasteiger partial charge in [-0.1, -0.05) is 78.9 Å². The normalized spacial score (nSPS) is 15.6. The molecule has 202 valence electrons. The number of carboxylic acids is 1. The number of carboxylic acid groups (broad SMARTS) is 1. The van der Waals surface area contributed by atoms with E-state index < -0.39 is 29.4 Å². The van der Waals surface area contributed by atoms with Crippen molar-refractivity contribution >= 4 is 18.0 Å². The summed E-state index contributed by atoms with van der Waals surface area (Å²) >= 11 is 0. The van der Waals surface area contributed by atoms with Crippen LogP contribution in [-0.2, 0) is 20.9 Å². The van der Waals surface area contributed by atoms with Gasteiger partial charge < -0.3 is 20.5 Å². The van der Waals surface area contributed by atoms with Crippen LogP contribution in [0.5, 0.6) is 0 Å². The van der Waals surface area contributed by atoms with Gasteiger partial charge in [0, 0.05) is 25.6 Å². The van der Waals surface area contributed by atoms with Crippen LogP contribution in [0.2, 0.25) is 0 Å². The van der Waals surface area contributed by atoms with E-state index in [1.165, 1.54) is 0 Å². The molecule has 3 aromatic rings. The predicted octanol–water partition coefficient (Wildman–Crippen LogP) is 4.01. The van der Waals surface area contributed by atoms with Crippen LogP contribution in [0.15, 0.2) is 78.9 Å². The van der Waals surface area contributed by atoms with Crippen LogP contribution in [0, 0.1) is 5.41 Å². The fourth-order valence-corrected chi connectivity index (χ4v) is 5.24. The summed E-state index contributed by atoms with van der Waals surface area (Å²) in [7, 11) is 1.87. The Morgan fingerprint density at radius 1 is 0.949 bits per heavy atom. The zero-order chi connectivity index (χ0) is 27.4. The molecule has 0 heterocycles. The average Bonchev–Trinajstić information content (AvgIpc) is 3.67. The number of ether oxygens (including phenoxy) is 1. The number of alkyl carbamates (subject to hydrolysis) is 1. The van der Waals surface area contributed by atoms with Crippen molar-refractivity contribution in [3.05, 3.63) is 95.6 Å². The fraction of sp³-hybridized carbons (Fsp3) is 0.323. The van der Waals surface area contributed by atoms with Crippen molar-refractivity contribution < 1.29 is 24.2 Å². The van der Waals surface area contributed by atoms with Gasteiger partial charge in [-0.05, 0) is 47.7 Å². The van der Waals surface area contributed by atoms with E-state index in [0.717, 1.165) is 27.8 Å². The number of nitrogens with one attached hydrogen (secondary N) is 2. The van der Waals surface area contributed by atoms with Crippen molar-refractivity contribution in [1.29, 1.82) is 0 Å².